The van der Waals surface area contributed by atoms with E-state index in [-0.39, 0.29) is 17.9 Å². The summed E-state index contributed by atoms with van der Waals surface area (Å²) in [7, 11) is 0. The SMILES string of the molecule is O=C(Nc1n[nH]c2sc(C(=O)N[C@H](CN3CCOCC3)c3ccccc3)cc12)c1ccc(N2CCOCC2)cc1. The third-order valence-corrected chi connectivity index (χ3v) is 8.31. The van der Waals surface area contributed by atoms with Crippen molar-refractivity contribution in [3.63, 3.8) is 0 Å². The van der Waals surface area contributed by atoms with Gasteiger partial charge in [-0.2, -0.15) is 5.10 Å². The minimum absolute atomic E-state index is 0.160. The van der Waals surface area contributed by atoms with Crippen molar-refractivity contribution >= 4 is 44.9 Å². The van der Waals surface area contributed by atoms with E-state index in [1.54, 1.807) is 6.07 Å². The second-order valence-corrected chi connectivity index (χ2v) is 10.9. The molecule has 0 spiro atoms. The molecule has 1 atom stereocenters. The molecule has 0 bridgehead atoms. The number of rotatable bonds is 8. The molecule has 0 unspecified atom stereocenters. The van der Waals surface area contributed by atoms with Gasteiger partial charge in [0.15, 0.2) is 5.82 Å². The first-order valence-electron chi connectivity index (χ1n) is 13.5. The van der Waals surface area contributed by atoms with Gasteiger partial charge in [0.2, 0.25) is 0 Å². The van der Waals surface area contributed by atoms with E-state index in [9.17, 15) is 9.59 Å². The lowest BCUT2D eigenvalue weighted by Gasteiger charge is -2.31. The normalized spacial score (nSPS) is 17.1. The van der Waals surface area contributed by atoms with Crippen LogP contribution in [0.1, 0.15) is 31.6 Å². The highest BCUT2D eigenvalue weighted by Crippen LogP contribution is 2.30. The maximum Gasteiger partial charge on any atom is 0.261 e. The van der Waals surface area contributed by atoms with Crippen molar-refractivity contribution in [1.29, 1.82) is 0 Å². The number of hydrogen-bond donors (Lipinski definition) is 3. The lowest BCUT2D eigenvalue weighted by molar-refractivity contribution is 0.0332. The number of nitrogens with one attached hydrogen (secondary N) is 3. The van der Waals surface area contributed by atoms with Crippen molar-refractivity contribution < 1.29 is 19.1 Å². The van der Waals surface area contributed by atoms with Crippen LogP contribution in [0.2, 0.25) is 0 Å². The number of fused-ring (bicyclic) bond motifs is 1. The molecule has 2 amide bonds. The molecule has 40 heavy (non-hydrogen) atoms. The van der Waals surface area contributed by atoms with Gasteiger partial charge in [-0.3, -0.25) is 19.6 Å². The summed E-state index contributed by atoms with van der Waals surface area (Å²) in [6, 6.07) is 19.2. The van der Waals surface area contributed by atoms with Gasteiger partial charge in [0, 0.05) is 44.0 Å². The summed E-state index contributed by atoms with van der Waals surface area (Å²) in [5.41, 5.74) is 2.66. The number of aromatic amines is 1. The van der Waals surface area contributed by atoms with Gasteiger partial charge in [0.05, 0.1) is 42.7 Å². The molecule has 4 heterocycles. The Balaban J connectivity index is 1.14. The van der Waals surface area contributed by atoms with Crippen LogP contribution in [0.15, 0.2) is 60.7 Å². The largest absolute Gasteiger partial charge is 0.379 e. The Morgan fingerprint density at radius 2 is 1.62 bits per heavy atom. The van der Waals surface area contributed by atoms with Crippen molar-refractivity contribution in [2.75, 3.05) is 69.4 Å². The van der Waals surface area contributed by atoms with Gasteiger partial charge in [-0.1, -0.05) is 30.3 Å². The zero-order valence-electron chi connectivity index (χ0n) is 22.1. The highest BCUT2D eigenvalue weighted by Gasteiger charge is 2.23. The summed E-state index contributed by atoms with van der Waals surface area (Å²) in [6.07, 6.45) is 0. The van der Waals surface area contributed by atoms with Crippen LogP contribution in [0.4, 0.5) is 11.5 Å². The van der Waals surface area contributed by atoms with Crippen LogP contribution >= 0.6 is 11.3 Å². The molecule has 6 rings (SSSR count). The minimum atomic E-state index is -0.256. The van der Waals surface area contributed by atoms with Gasteiger partial charge in [-0.15, -0.1) is 11.3 Å². The van der Waals surface area contributed by atoms with Crippen LogP contribution in [0.3, 0.4) is 0 Å². The van der Waals surface area contributed by atoms with Gasteiger partial charge in [-0.25, -0.2) is 0 Å². The average Bonchev–Trinajstić information content (AvgIpc) is 3.60. The van der Waals surface area contributed by atoms with Crippen molar-refractivity contribution in [2.45, 2.75) is 6.04 Å². The predicted octanol–water partition coefficient (Wildman–Crippen LogP) is 3.52. The maximum absolute atomic E-state index is 13.4. The number of aromatic nitrogens is 2. The molecule has 2 saturated heterocycles. The summed E-state index contributed by atoms with van der Waals surface area (Å²) in [6.45, 7) is 6.87. The fourth-order valence-electron chi connectivity index (χ4n) is 5.04. The summed E-state index contributed by atoms with van der Waals surface area (Å²) in [5, 5.41) is 14.1. The van der Waals surface area contributed by atoms with Crippen LogP contribution in [-0.2, 0) is 9.47 Å². The van der Waals surface area contributed by atoms with Gasteiger partial charge < -0.3 is 25.0 Å². The van der Waals surface area contributed by atoms with Gasteiger partial charge in [0.25, 0.3) is 11.8 Å². The second kappa shape index (κ2) is 12.2. The number of carbonyl (C=O) groups excluding carboxylic acids is 2. The molecule has 0 saturated carbocycles. The Hall–Kier alpha value is -3.77. The Kier molecular flexibility index (Phi) is 8.05. The summed E-state index contributed by atoms with van der Waals surface area (Å²) in [4.78, 5) is 32.2. The summed E-state index contributed by atoms with van der Waals surface area (Å²) < 4.78 is 10.9. The zero-order chi connectivity index (χ0) is 27.3. The van der Waals surface area contributed by atoms with Gasteiger partial charge in [0.1, 0.15) is 4.83 Å². The molecule has 0 radical (unpaired) electrons. The molecule has 2 fully saturated rings. The van der Waals surface area contributed by atoms with Gasteiger partial charge >= 0.3 is 0 Å². The highest BCUT2D eigenvalue weighted by atomic mass is 32.1. The first-order valence-corrected chi connectivity index (χ1v) is 14.3. The number of hydrogen-bond acceptors (Lipinski definition) is 8. The van der Waals surface area contributed by atoms with Crippen molar-refractivity contribution in [3.8, 4) is 0 Å². The van der Waals surface area contributed by atoms with Crippen molar-refractivity contribution in [2.24, 2.45) is 0 Å². The molecule has 2 aromatic heterocycles. The van der Waals surface area contributed by atoms with E-state index in [2.05, 4.69) is 30.6 Å². The number of amides is 2. The number of anilines is 2. The number of thiophene rings is 1. The number of nitrogens with zero attached hydrogens (tertiary/aromatic N) is 3. The third-order valence-electron chi connectivity index (χ3n) is 7.27. The van der Waals surface area contributed by atoms with Crippen LogP contribution in [-0.4, -0.2) is 86.1 Å². The molecule has 11 heteroatoms. The van der Waals surface area contributed by atoms with E-state index in [4.69, 9.17) is 9.47 Å². The monoisotopic (exact) mass is 560 g/mol. The molecule has 208 valence electrons. The number of carbonyl (C=O) groups is 2. The topological polar surface area (TPSA) is 112 Å². The number of morpholine rings is 2. The highest BCUT2D eigenvalue weighted by molar-refractivity contribution is 7.20. The molecule has 2 aliphatic rings. The Morgan fingerprint density at radius 1 is 0.925 bits per heavy atom. The molecule has 2 aromatic carbocycles. The first-order chi connectivity index (χ1) is 19.6. The standard InChI is InChI=1S/C29H32N6O4S/c36-27(21-6-8-22(9-7-21)35-12-16-39-17-13-35)31-26-23-18-25(40-29(23)33-32-26)28(37)30-24(20-4-2-1-3-5-20)19-34-10-14-38-15-11-34/h1-9,18,24H,10-17,19H2,(H,30,37)(H2,31,32,33,36)/t24-/m1/s1. The zero-order valence-corrected chi connectivity index (χ0v) is 22.9. The van der Waals surface area contributed by atoms with Crippen LogP contribution < -0.4 is 15.5 Å². The Labute approximate surface area is 236 Å². The van der Waals surface area contributed by atoms with E-state index in [1.807, 2.05) is 54.6 Å². The van der Waals surface area contributed by atoms with Crippen LogP contribution in [0, 0.1) is 0 Å². The van der Waals surface area contributed by atoms with E-state index in [1.165, 1.54) is 11.3 Å². The molecule has 2 aliphatic heterocycles. The predicted molar refractivity (Wildman–Crippen MR) is 155 cm³/mol. The van der Waals surface area contributed by atoms with Crippen LogP contribution in [0.25, 0.3) is 10.2 Å². The summed E-state index contributed by atoms with van der Waals surface area (Å²) in [5.74, 6) is -0.0121. The number of H-pyrrole nitrogens is 1. The third kappa shape index (κ3) is 6.02. The van der Waals surface area contributed by atoms with E-state index in [0.717, 1.165) is 42.3 Å². The smallest absolute Gasteiger partial charge is 0.261 e. The molecule has 3 N–H and O–H groups in total. The fraction of sp³-hybridized carbons (Fsp3) is 0.345. The number of ether oxygens (including phenoxy) is 2. The van der Waals surface area contributed by atoms with Crippen molar-refractivity contribution in [1.82, 2.24) is 20.4 Å². The Bertz CT molecular complexity index is 1440. The average molecular weight is 561 g/mol. The van der Waals surface area contributed by atoms with E-state index in [0.29, 0.717) is 54.6 Å². The van der Waals surface area contributed by atoms with E-state index < -0.39 is 0 Å². The lowest BCUT2D eigenvalue weighted by Crippen LogP contribution is -2.43. The summed E-state index contributed by atoms with van der Waals surface area (Å²) >= 11 is 1.32. The lowest BCUT2D eigenvalue weighted by atomic mass is 10.1. The maximum atomic E-state index is 13.4. The quantitative estimate of drug-likeness (QED) is 0.302. The molecule has 10 nitrogen and oxygen atoms in total. The van der Waals surface area contributed by atoms with Gasteiger partial charge in [-0.05, 0) is 35.9 Å². The Morgan fingerprint density at radius 3 is 2.35 bits per heavy atom. The van der Waals surface area contributed by atoms with E-state index >= 15 is 0 Å². The molecular weight excluding hydrogens is 528 g/mol. The fourth-order valence-corrected chi connectivity index (χ4v) is 5.95. The van der Waals surface area contributed by atoms with Crippen molar-refractivity contribution in [3.05, 3.63) is 76.7 Å². The molecule has 4 aromatic rings. The molecular formula is C29H32N6O4S. The number of benzene rings is 2. The molecule has 0 aliphatic carbocycles. The van der Waals surface area contributed by atoms with Crippen LogP contribution in [0.5, 0.6) is 0 Å². The first kappa shape index (κ1) is 26.5. The second-order valence-electron chi connectivity index (χ2n) is 9.88. The minimum Gasteiger partial charge on any atom is -0.379 e.